The van der Waals surface area contributed by atoms with Gasteiger partial charge in [0.15, 0.2) is 0 Å². The molecule has 1 saturated carbocycles. The Balaban J connectivity index is 1.86. The number of nitrogens with zero attached hydrogens (tertiary/aromatic N) is 2. The van der Waals surface area contributed by atoms with E-state index in [-0.39, 0.29) is 24.1 Å². The summed E-state index contributed by atoms with van der Waals surface area (Å²) >= 11 is 2.19. The van der Waals surface area contributed by atoms with E-state index in [1.54, 1.807) is 24.4 Å². The largest absolute Gasteiger partial charge is 0.416 e. The third-order valence-corrected chi connectivity index (χ3v) is 8.11. The van der Waals surface area contributed by atoms with Crippen molar-refractivity contribution in [2.45, 2.75) is 53.9 Å². The average Bonchev–Trinajstić information content (AvgIpc) is 3.36. The van der Waals surface area contributed by atoms with E-state index in [2.05, 4.69) is 43.1 Å². The number of halogens is 5. The number of amides is 2. The van der Waals surface area contributed by atoms with Crippen LogP contribution in [0.2, 0.25) is 0 Å². The molecule has 0 radical (unpaired) electrons. The van der Waals surface area contributed by atoms with Gasteiger partial charge in [-0.05, 0) is 74.3 Å². The minimum atomic E-state index is -4.78. The molecule has 10 heteroatoms. The first-order chi connectivity index (χ1) is 18.5. The van der Waals surface area contributed by atoms with Gasteiger partial charge in [-0.3, -0.25) is 4.98 Å². The summed E-state index contributed by atoms with van der Waals surface area (Å²) in [7, 11) is 3.90. The lowest BCUT2D eigenvalue weighted by Gasteiger charge is -2.37. The zero-order valence-corrected chi connectivity index (χ0v) is 23.9. The number of carbonyl (C=O) groups excluding carboxylic acids is 1. The molecule has 1 aliphatic rings. The van der Waals surface area contributed by atoms with Crippen molar-refractivity contribution >= 4 is 28.6 Å². The molecule has 2 aromatic carbocycles. The highest BCUT2D eigenvalue weighted by atomic mass is 127. The molecule has 208 valence electrons. The van der Waals surface area contributed by atoms with Gasteiger partial charge in [-0.15, -0.1) is 0 Å². The lowest BCUT2D eigenvalue weighted by atomic mass is 9.79. The van der Waals surface area contributed by atoms with Crippen molar-refractivity contribution < 1.29 is 22.4 Å². The molecule has 0 unspecified atom stereocenters. The molecular weight excluding hydrogens is 623 g/mol. The summed E-state index contributed by atoms with van der Waals surface area (Å²) in [5.74, 6) is -1.05. The van der Waals surface area contributed by atoms with Crippen molar-refractivity contribution in [1.82, 2.24) is 20.5 Å². The summed E-state index contributed by atoms with van der Waals surface area (Å²) in [4.78, 5) is 20.3. The molecule has 3 aromatic rings. The number of hydrogen-bond acceptors (Lipinski definition) is 3. The van der Waals surface area contributed by atoms with Gasteiger partial charge < -0.3 is 15.5 Å². The molecule has 2 amide bonds. The van der Waals surface area contributed by atoms with Gasteiger partial charge in [-0.1, -0.05) is 59.0 Å². The molecule has 1 aromatic heterocycles. The highest BCUT2D eigenvalue weighted by Gasteiger charge is 2.42. The van der Waals surface area contributed by atoms with Gasteiger partial charge >= 0.3 is 12.2 Å². The van der Waals surface area contributed by atoms with E-state index >= 15 is 0 Å². The van der Waals surface area contributed by atoms with Crippen LogP contribution in [0, 0.1) is 5.82 Å². The van der Waals surface area contributed by atoms with Crippen molar-refractivity contribution in [3.05, 3.63) is 101 Å². The summed E-state index contributed by atoms with van der Waals surface area (Å²) in [6.45, 7) is 0. The van der Waals surface area contributed by atoms with Crippen molar-refractivity contribution in [2.24, 2.45) is 0 Å². The Morgan fingerprint density at radius 1 is 1.03 bits per heavy atom. The molecule has 5 nitrogen and oxygen atoms in total. The van der Waals surface area contributed by atoms with Crippen molar-refractivity contribution in [2.75, 3.05) is 14.1 Å². The first-order valence-corrected chi connectivity index (χ1v) is 14.2. The highest BCUT2D eigenvalue weighted by molar-refractivity contribution is 14.1. The fourth-order valence-corrected chi connectivity index (χ4v) is 5.76. The summed E-state index contributed by atoms with van der Waals surface area (Å²) in [5, 5.41) is 6.01. The fraction of sp³-hybridized carbons (Fsp3) is 0.379. The van der Waals surface area contributed by atoms with Crippen molar-refractivity contribution in [1.29, 1.82) is 0 Å². The summed E-state index contributed by atoms with van der Waals surface area (Å²) in [5.41, 5.74) is -0.813. The zero-order chi connectivity index (χ0) is 28.2. The van der Waals surface area contributed by atoms with Crippen molar-refractivity contribution in [3.63, 3.8) is 0 Å². The maximum absolute atomic E-state index is 14.8. The van der Waals surface area contributed by atoms with Gasteiger partial charge in [0.2, 0.25) is 0 Å². The predicted octanol–water partition coefficient (Wildman–Crippen LogP) is 6.44. The van der Waals surface area contributed by atoms with Gasteiger partial charge in [0, 0.05) is 29.1 Å². The van der Waals surface area contributed by atoms with Crippen LogP contribution in [0.25, 0.3) is 0 Å². The van der Waals surface area contributed by atoms with Crippen molar-refractivity contribution in [3.8, 4) is 0 Å². The van der Waals surface area contributed by atoms with Gasteiger partial charge in [0.1, 0.15) is 11.4 Å². The van der Waals surface area contributed by atoms with E-state index in [4.69, 9.17) is 0 Å². The van der Waals surface area contributed by atoms with Gasteiger partial charge in [-0.2, -0.15) is 13.2 Å². The Labute approximate surface area is 239 Å². The fourth-order valence-electron chi connectivity index (χ4n) is 5.30. The van der Waals surface area contributed by atoms with Crippen LogP contribution >= 0.6 is 22.6 Å². The van der Waals surface area contributed by atoms with Gasteiger partial charge in [0.05, 0.1) is 11.3 Å². The Hall–Kier alpha value is -2.73. The Kier molecular flexibility index (Phi) is 9.15. The van der Waals surface area contributed by atoms with Crippen LogP contribution in [0.5, 0.6) is 0 Å². The van der Waals surface area contributed by atoms with Crippen LogP contribution in [0.1, 0.15) is 47.2 Å². The molecule has 1 aliphatic carbocycles. The lowest BCUT2D eigenvalue weighted by molar-refractivity contribution is -0.137. The smallest absolute Gasteiger partial charge is 0.334 e. The van der Waals surface area contributed by atoms with E-state index in [0.29, 0.717) is 16.2 Å². The number of hydrogen-bond donors (Lipinski definition) is 2. The quantitative estimate of drug-likeness (QED) is 0.167. The number of likely N-dealkylation sites (N-methyl/N-ethyl adjacent to an activating group) is 1. The molecule has 0 aliphatic heterocycles. The number of nitrogens with one attached hydrogen (secondary N) is 2. The predicted molar refractivity (Wildman–Crippen MR) is 151 cm³/mol. The van der Waals surface area contributed by atoms with Gasteiger partial charge in [-0.25, -0.2) is 9.18 Å². The minimum absolute atomic E-state index is 0.0425. The van der Waals surface area contributed by atoms with Crippen LogP contribution in [-0.2, 0) is 22.6 Å². The monoisotopic (exact) mass is 654 g/mol. The minimum Gasteiger partial charge on any atom is -0.334 e. The molecule has 1 heterocycles. The van der Waals surface area contributed by atoms with Crippen LogP contribution < -0.4 is 10.6 Å². The molecule has 2 N–H and O–H groups in total. The number of benzene rings is 2. The molecular formula is C29H31F4IN4O. The normalized spacial score (nSPS) is 19.1. The molecule has 0 bridgehead atoms. The third-order valence-electron chi connectivity index (χ3n) is 7.23. The molecule has 0 saturated heterocycles. The second-order valence-electron chi connectivity index (χ2n) is 10.1. The maximum Gasteiger partial charge on any atom is 0.416 e. The third kappa shape index (κ3) is 6.89. The highest BCUT2D eigenvalue weighted by Crippen LogP contribution is 2.38. The first kappa shape index (κ1) is 29.3. The van der Waals surface area contributed by atoms with E-state index in [1.807, 2.05) is 38.4 Å². The second-order valence-corrected chi connectivity index (χ2v) is 10.9. The molecule has 4 rings (SSSR count). The van der Waals surface area contributed by atoms with Crippen LogP contribution in [-0.4, -0.2) is 42.1 Å². The average molecular weight is 654 g/mol. The molecule has 39 heavy (non-hydrogen) atoms. The Morgan fingerprint density at radius 2 is 1.74 bits per heavy atom. The topological polar surface area (TPSA) is 57.3 Å². The Morgan fingerprint density at radius 3 is 2.36 bits per heavy atom. The maximum atomic E-state index is 14.8. The summed E-state index contributed by atoms with van der Waals surface area (Å²) in [6, 6.07) is 14.4. The van der Waals surface area contributed by atoms with E-state index in [9.17, 15) is 22.4 Å². The Bertz CT molecular complexity index is 1270. The summed E-state index contributed by atoms with van der Waals surface area (Å²) < 4.78 is 57.0. The van der Waals surface area contributed by atoms with Crippen LogP contribution in [0.4, 0.5) is 22.4 Å². The first-order valence-electron chi connectivity index (χ1n) is 12.7. The number of aromatic nitrogens is 1. The molecule has 0 spiro atoms. The summed E-state index contributed by atoms with van der Waals surface area (Å²) in [6.07, 6.45) is -0.446. The van der Waals surface area contributed by atoms with E-state index in [1.165, 1.54) is 0 Å². The van der Waals surface area contributed by atoms with E-state index in [0.717, 1.165) is 42.5 Å². The lowest BCUT2D eigenvalue weighted by Crippen LogP contribution is -2.56. The second kappa shape index (κ2) is 12.2. The van der Waals surface area contributed by atoms with Crippen LogP contribution in [0.3, 0.4) is 0 Å². The van der Waals surface area contributed by atoms with Crippen LogP contribution in [0.15, 0.2) is 66.9 Å². The molecule has 3 atom stereocenters. The van der Waals surface area contributed by atoms with E-state index < -0.39 is 29.1 Å². The number of urea groups is 1. The number of alkyl halides is 4. The van der Waals surface area contributed by atoms with Gasteiger partial charge in [0.25, 0.3) is 0 Å². The molecule has 1 fully saturated rings. The standard InChI is InChI=1S/C29H31F4IN4O/c1-38(2)25-10-6-9-24(25)36-27(39)37-28(16-19-7-4-3-5-8-19,26-12-11-20(17-34)18-35-26)21-13-22(29(31,32)33)15-23(30)14-21/h3-5,7-8,11-15,18,24-25H,6,9-10,16-17H2,1-2H3,(H2,36,37,39)/t24-,25-,28+/m1/s1. The number of carbonyl (C=O) groups is 1. The SMILES string of the molecule is CN(C)[C@@H]1CCC[C@H]1NC(=O)N[C@@](Cc1ccccc1)(c1cc(F)cc(C(F)(F)F)c1)c1ccc(CI)cn1. The number of rotatable bonds is 8. The zero-order valence-electron chi connectivity index (χ0n) is 21.7. The number of pyridine rings is 1.